The lowest BCUT2D eigenvalue weighted by Gasteiger charge is -2.31. The minimum atomic E-state index is -3.96. The second kappa shape index (κ2) is 14.3. The van der Waals surface area contributed by atoms with E-state index in [1.807, 2.05) is 13.8 Å². The van der Waals surface area contributed by atoms with E-state index >= 15 is 0 Å². The van der Waals surface area contributed by atoms with Crippen molar-refractivity contribution in [1.82, 2.24) is 20.4 Å². The van der Waals surface area contributed by atoms with E-state index in [9.17, 15) is 26.4 Å². The molecule has 4 aliphatic heterocycles. The monoisotopic (exact) mass is 746 g/mol. The molecular formula is C31H42N10O8S2. The SMILES string of the molecule is CCNC(=O)N1CCC(CC(C)NC(=O)N2CCC[C@@H]2COc2cccc3c2C(N)=NS(=O)(=O)N3)[C@H]1COc1cccc2c1C(N)=NS(=O)(=O)N2. The fourth-order valence-corrected chi connectivity index (χ4v) is 8.73. The van der Waals surface area contributed by atoms with Gasteiger partial charge in [-0.2, -0.15) is 16.8 Å². The van der Waals surface area contributed by atoms with Crippen molar-refractivity contribution in [2.75, 3.05) is 42.3 Å². The molecule has 2 fully saturated rings. The van der Waals surface area contributed by atoms with Crippen LogP contribution in [0.25, 0.3) is 0 Å². The summed E-state index contributed by atoms with van der Waals surface area (Å²) in [4.78, 5) is 30.1. The van der Waals surface area contributed by atoms with Crippen molar-refractivity contribution in [3.05, 3.63) is 47.5 Å². The topological polar surface area (TPSA) is 252 Å². The number of anilines is 2. The number of nitrogens with zero attached hydrogens (tertiary/aromatic N) is 4. The van der Waals surface area contributed by atoms with Gasteiger partial charge >= 0.3 is 32.5 Å². The van der Waals surface area contributed by atoms with Gasteiger partial charge in [-0.15, -0.1) is 8.80 Å². The minimum Gasteiger partial charge on any atom is -0.491 e. The molecule has 6 rings (SSSR count). The summed E-state index contributed by atoms with van der Waals surface area (Å²) in [5.74, 6) is 0.282. The molecule has 2 saturated heterocycles. The van der Waals surface area contributed by atoms with Gasteiger partial charge in [0.1, 0.15) is 24.7 Å². The molecule has 20 heteroatoms. The van der Waals surface area contributed by atoms with E-state index in [-0.39, 0.29) is 72.4 Å². The van der Waals surface area contributed by atoms with Crippen LogP contribution < -0.4 is 41.0 Å². The summed E-state index contributed by atoms with van der Waals surface area (Å²) in [5.41, 5.74) is 13.1. The predicted octanol–water partition coefficient (Wildman–Crippen LogP) is 1.27. The van der Waals surface area contributed by atoms with Crippen LogP contribution in [-0.4, -0.2) is 101 Å². The molecule has 4 heterocycles. The third kappa shape index (κ3) is 7.85. The average molecular weight is 747 g/mol. The lowest BCUT2D eigenvalue weighted by Crippen LogP contribution is -2.49. The highest BCUT2D eigenvalue weighted by atomic mass is 32.2. The Balaban J connectivity index is 1.09. The molecular weight excluding hydrogens is 705 g/mol. The second-order valence-electron chi connectivity index (χ2n) is 12.8. The number of fused-ring (bicyclic) bond motifs is 2. The van der Waals surface area contributed by atoms with Crippen LogP contribution >= 0.6 is 0 Å². The normalized spacial score (nSPS) is 23.4. The molecule has 8 N–H and O–H groups in total. The molecule has 0 spiro atoms. The number of amidine groups is 2. The number of nitrogens with one attached hydrogen (secondary N) is 4. The van der Waals surface area contributed by atoms with Gasteiger partial charge in [-0.05, 0) is 69.7 Å². The molecule has 0 saturated carbocycles. The molecule has 18 nitrogen and oxygen atoms in total. The van der Waals surface area contributed by atoms with Gasteiger partial charge in [0.25, 0.3) is 0 Å². The Morgan fingerprint density at radius 2 is 1.47 bits per heavy atom. The molecule has 4 amide bonds. The van der Waals surface area contributed by atoms with Crippen molar-refractivity contribution >= 4 is 55.5 Å². The first-order valence-corrected chi connectivity index (χ1v) is 19.5. The fraction of sp³-hybridized carbons (Fsp3) is 0.484. The van der Waals surface area contributed by atoms with Crippen LogP contribution in [0.4, 0.5) is 21.0 Å². The van der Waals surface area contributed by atoms with Gasteiger partial charge in [0, 0.05) is 25.7 Å². The molecule has 0 radical (unpaired) electrons. The number of amides is 4. The number of hydrogen-bond acceptors (Lipinski definition) is 10. The summed E-state index contributed by atoms with van der Waals surface area (Å²) in [6.45, 7) is 5.51. The molecule has 51 heavy (non-hydrogen) atoms. The van der Waals surface area contributed by atoms with Crippen molar-refractivity contribution in [3.8, 4) is 11.5 Å². The molecule has 2 aromatic rings. The number of carbonyl (C=O) groups is 2. The van der Waals surface area contributed by atoms with Crippen molar-refractivity contribution < 1.29 is 35.9 Å². The maximum absolute atomic E-state index is 13.5. The van der Waals surface area contributed by atoms with E-state index in [0.717, 1.165) is 12.8 Å². The van der Waals surface area contributed by atoms with Gasteiger partial charge < -0.3 is 41.4 Å². The molecule has 0 aromatic heterocycles. The van der Waals surface area contributed by atoms with E-state index in [0.29, 0.717) is 55.1 Å². The van der Waals surface area contributed by atoms with Crippen molar-refractivity contribution in [1.29, 1.82) is 0 Å². The summed E-state index contributed by atoms with van der Waals surface area (Å²) in [6, 6.07) is 8.45. The zero-order valence-electron chi connectivity index (χ0n) is 28.2. The Kier molecular flexibility index (Phi) is 10.1. The number of likely N-dealkylation sites (tertiary alicyclic amines) is 2. The Morgan fingerprint density at radius 1 is 0.882 bits per heavy atom. The minimum absolute atomic E-state index is 0.0292. The first-order valence-electron chi connectivity index (χ1n) is 16.7. The van der Waals surface area contributed by atoms with Gasteiger partial charge in [-0.1, -0.05) is 12.1 Å². The van der Waals surface area contributed by atoms with Crippen molar-refractivity contribution in [2.45, 2.75) is 57.7 Å². The lowest BCUT2D eigenvalue weighted by atomic mass is 9.93. The Bertz CT molecular complexity index is 1970. The quantitative estimate of drug-likeness (QED) is 0.203. The van der Waals surface area contributed by atoms with Crippen molar-refractivity contribution in [2.24, 2.45) is 26.2 Å². The maximum atomic E-state index is 13.5. The van der Waals surface area contributed by atoms with Crippen LogP contribution in [0.15, 0.2) is 45.2 Å². The van der Waals surface area contributed by atoms with E-state index in [2.05, 4.69) is 28.9 Å². The van der Waals surface area contributed by atoms with Gasteiger partial charge in [0.15, 0.2) is 11.7 Å². The zero-order valence-corrected chi connectivity index (χ0v) is 29.8. The van der Waals surface area contributed by atoms with Crippen LogP contribution in [0, 0.1) is 5.92 Å². The summed E-state index contributed by atoms with van der Waals surface area (Å²) in [5, 5.41) is 5.98. The number of nitrogens with two attached hydrogens (primary N) is 2. The van der Waals surface area contributed by atoms with Gasteiger partial charge in [-0.25, -0.2) is 9.59 Å². The van der Waals surface area contributed by atoms with Crippen LogP contribution in [0.1, 0.15) is 50.7 Å². The largest absolute Gasteiger partial charge is 0.491 e. The first-order chi connectivity index (χ1) is 24.2. The smallest absolute Gasteiger partial charge is 0.344 e. The summed E-state index contributed by atoms with van der Waals surface area (Å²) >= 11 is 0. The van der Waals surface area contributed by atoms with E-state index in [1.54, 1.807) is 46.2 Å². The second-order valence-corrected chi connectivity index (χ2v) is 15.5. The highest BCUT2D eigenvalue weighted by Crippen LogP contribution is 2.34. The molecule has 4 aliphatic rings. The molecule has 276 valence electrons. The number of carbonyl (C=O) groups excluding carboxylic acids is 2. The summed E-state index contributed by atoms with van der Waals surface area (Å²) < 4.78 is 72.1. The Hall–Kier alpha value is -4.98. The summed E-state index contributed by atoms with van der Waals surface area (Å²) in [6.07, 6.45) is 2.75. The van der Waals surface area contributed by atoms with Crippen molar-refractivity contribution in [3.63, 3.8) is 0 Å². The maximum Gasteiger partial charge on any atom is 0.344 e. The zero-order chi connectivity index (χ0) is 36.5. The highest BCUT2D eigenvalue weighted by molar-refractivity contribution is 7.92. The number of urea groups is 2. The molecule has 0 aliphatic carbocycles. The van der Waals surface area contributed by atoms with Gasteiger partial charge in [-0.3, -0.25) is 9.44 Å². The van der Waals surface area contributed by atoms with Gasteiger partial charge in [0.2, 0.25) is 0 Å². The third-order valence-corrected chi connectivity index (χ3v) is 11.1. The van der Waals surface area contributed by atoms with Crippen LogP contribution in [0.2, 0.25) is 0 Å². The van der Waals surface area contributed by atoms with Crippen LogP contribution in [0.3, 0.4) is 0 Å². The first kappa shape index (κ1) is 35.8. The number of benzene rings is 2. The number of hydrogen-bond donors (Lipinski definition) is 6. The summed E-state index contributed by atoms with van der Waals surface area (Å²) in [7, 11) is -7.90. The molecule has 4 atom stereocenters. The van der Waals surface area contributed by atoms with Crippen LogP contribution in [-0.2, 0) is 20.4 Å². The third-order valence-electron chi connectivity index (χ3n) is 9.26. The lowest BCUT2D eigenvalue weighted by molar-refractivity contribution is 0.143. The molecule has 2 aromatic carbocycles. The molecule has 0 bridgehead atoms. The number of ether oxygens (including phenoxy) is 2. The average Bonchev–Trinajstić information content (AvgIpc) is 3.68. The Morgan fingerprint density at radius 3 is 2.06 bits per heavy atom. The standard InChI is InChI=1S/C31H42N10O8S2/c1-3-34-30(42)41-14-12-19(23(41)17-49-25-11-5-9-22-27(25)29(33)39-51(46,47)37-22)15-18(2)35-31(43)40-13-6-7-20(40)16-48-24-10-4-8-21-26(24)28(32)38-50(44,45)36-21/h4-5,8-11,18-20,23,36-37H,3,6-7,12-17H2,1-2H3,(H2,32,38)(H2,33,39)(H,34,42)(H,35,43)/t18?,19?,20-,23-/m1/s1. The number of rotatable bonds is 10. The van der Waals surface area contributed by atoms with E-state index < -0.39 is 20.4 Å². The highest BCUT2D eigenvalue weighted by Gasteiger charge is 2.39. The molecule has 2 unspecified atom stereocenters. The van der Waals surface area contributed by atoms with E-state index in [1.165, 1.54) is 0 Å². The fourth-order valence-electron chi connectivity index (χ4n) is 7.04. The van der Waals surface area contributed by atoms with Crippen LogP contribution in [0.5, 0.6) is 11.5 Å². The predicted molar refractivity (Wildman–Crippen MR) is 190 cm³/mol. The van der Waals surface area contributed by atoms with E-state index in [4.69, 9.17) is 20.9 Å². The Labute approximate surface area is 296 Å². The van der Waals surface area contributed by atoms with Gasteiger partial charge in [0.05, 0.1) is 34.6 Å².